The number of aryl methyl sites for hydroxylation is 3. The minimum absolute atomic E-state index is 0.255. The Labute approximate surface area is 343 Å². The summed E-state index contributed by atoms with van der Waals surface area (Å²) in [6.07, 6.45) is 1.50. The molecule has 0 spiro atoms. The van der Waals surface area contributed by atoms with Crippen LogP contribution in [0.25, 0.3) is 0 Å². The predicted octanol–water partition coefficient (Wildman–Crippen LogP) is 10.7. The van der Waals surface area contributed by atoms with Gasteiger partial charge in [-0.25, -0.2) is 0 Å². The van der Waals surface area contributed by atoms with Gasteiger partial charge in [0.25, 0.3) is 0 Å². The molecule has 316 valence electrons. The van der Waals surface area contributed by atoms with Crippen molar-refractivity contribution in [2.75, 3.05) is 26.4 Å². The van der Waals surface area contributed by atoms with Crippen LogP contribution in [0.5, 0.6) is 17.2 Å². The zero-order valence-electron chi connectivity index (χ0n) is 37.7. The highest BCUT2D eigenvalue weighted by atomic mass is 16.5. The highest BCUT2D eigenvalue weighted by Crippen LogP contribution is 2.42. The molecular formula is C49H72O8. The topological polar surface area (TPSA) is 123 Å². The summed E-state index contributed by atoms with van der Waals surface area (Å²) in [5.41, 5.74) is 6.95. The molecule has 3 aromatic carbocycles. The maximum absolute atomic E-state index is 14.3. The van der Waals surface area contributed by atoms with Crippen LogP contribution in [-0.4, -0.2) is 53.7 Å². The summed E-state index contributed by atoms with van der Waals surface area (Å²) < 4.78 is 18.3. The zero-order chi connectivity index (χ0) is 43.3. The van der Waals surface area contributed by atoms with Crippen LogP contribution in [0, 0.1) is 32.6 Å². The molecule has 0 saturated heterocycles. The average molecular weight is 789 g/mol. The molecule has 0 fully saturated rings. The lowest BCUT2D eigenvalue weighted by molar-refractivity contribution is -0.142. The second-order valence-corrected chi connectivity index (χ2v) is 20.2. The molecule has 3 N–H and O–H groups in total. The van der Waals surface area contributed by atoms with Gasteiger partial charge in [-0.05, 0) is 101 Å². The summed E-state index contributed by atoms with van der Waals surface area (Å²) in [6, 6.07) is 12.0. The van der Waals surface area contributed by atoms with E-state index >= 15 is 0 Å². The summed E-state index contributed by atoms with van der Waals surface area (Å²) in [7, 11) is 0. The first kappa shape index (κ1) is 47.5. The molecule has 0 heterocycles. The van der Waals surface area contributed by atoms with Crippen molar-refractivity contribution in [3.8, 4) is 17.2 Å². The van der Waals surface area contributed by atoms with Crippen molar-refractivity contribution in [2.45, 2.75) is 151 Å². The summed E-state index contributed by atoms with van der Waals surface area (Å²) in [5, 5.41) is 31.5. The smallest absolute Gasteiger partial charge is 0.314 e. The van der Waals surface area contributed by atoms with Gasteiger partial charge >= 0.3 is 11.9 Å². The van der Waals surface area contributed by atoms with E-state index < -0.39 is 17.8 Å². The third kappa shape index (κ3) is 13.3. The number of aromatic hydroxyl groups is 2. The van der Waals surface area contributed by atoms with Crippen LogP contribution in [0.2, 0.25) is 0 Å². The fourth-order valence-electron chi connectivity index (χ4n) is 7.23. The van der Waals surface area contributed by atoms with Gasteiger partial charge in [-0.15, -0.1) is 0 Å². The maximum Gasteiger partial charge on any atom is 0.314 e. The van der Waals surface area contributed by atoms with Gasteiger partial charge < -0.3 is 29.5 Å². The Kier molecular flexibility index (Phi) is 15.7. The first-order valence-electron chi connectivity index (χ1n) is 20.5. The second-order valence-electron chi connectivity index (χ2n) is 20.2. The fourth-order valence-corrected chi connectivity index (χ4v) is 7.23. The Hall–Kier alpha value is -3.88. The second kappa shape index (κ2) is 18.8. The molecule has 3 rings (SSSR count). The van der Waals surface area contributed by atoms with Crippen molar-refractivity contribution in [1.29, 1.82) is 0 Å². The molecule has 0 aliphatic rings. The van der Waals surface area contributed by atoms with Crippen molar-refractivity contribution < 1.29 is 39.1 Å². The standard InChI is InChI=1S/C49H72O8/c1-30-22-39(48(10,11)12)43(40(23-30)49(13,14)15)57-45(54)36(27-34-25-32(3)42(51)38(29-34)47(7,8)9)17-19-56-21-20-55-18-16-35(44(52)53)26-33-24-31(2)41(50)37(28-33)46(4,5)6/h22-25,28-29,35-36,50-51H,16-21,26-27H2,1-15H3,(H,52,53). The van der Waals surface area contributed by atoms with E-state index in [4.69, 9.17) is 14.2 Å². The highest BCUT2D eigenvalue weighted by Gasteiger charge is 2.32. The lowest BCUT2D eigenvalue weighted by atomic mass is 9.78. The van der Waals surface area contributed by atoms with Crippen LogP contribution in [0.1, 0.15) is 146 Å². The molecule has 0 aromatic heterocycles. The number of phenolic OH excluding ortho intramolecular Hbond substituents is 2. The van der Waals surface area contributed by atoms with Gasteiger partial charge in [0.2, 0.25) is 0 Å². The van der Waals surface area contributed by atoms with Crippen molar-refractivity contribution in [2.24, 2.45) is 11.8 Å². The van der Waals surface area contributed by atoms with E-state index in [0.29, 0.717) is 44.6 Å². The van der Waals surface area contributed by atoms with E-state index in [1.165, 1.54) is 0 Å². The largest absolute Gasteiger partial charge is 0.507 e. The first-order valence-corrected chi connectivity index (χ1v) is 20.5. The number of hydrogen-bond acceptors (Lipinski definition) is 7. The minimum atomic E-state index is -0.885. The van der Waals surface area contributed by atoms with Crippen LogP contribution >= 0.6 is 0 Å². The summed E-state index contributed by atoms with van der Waals surface area (Å²) in [5.74, 6) is -1.22. The molecule has 2 unspecified atom stereocenters. The number of hydrogen-bond donors (Lipinski definition) is 3. The number of carbonyl (C=O) groups excluding carboxylic acids is 1. The number of carboxylic acids is 1. The molecule has 2 atom stereocenters. The van der Waals surface area contributed by atoms with Crippen molar-refractivity contribution in [3.63, 3.8) is 0 Å². The predicted molar refractivity (Wildman–Crippen MR) is 230 cm³/mol. The minimum Gasteiger partial charge on any atom is -0.507 e. The van der Waals surface area contributed by atoms with Gasteiger partial charge in [0, 0.05) is 24.3 Å². The lowest BCUT2D eigenvalue weighted by Crippen LogP contribution is -2.28. The van der Waals surface area contributed by atoms with Crippen LogP contribution in [0.4, 0.5) is 0 Å². The normalized spacial score (nSPS) is 13.7. The molecule has 8 heteroatoms. The molecular weight excluding hydrogens is 717 g/mol. The van der Waals surface area contributed by atoms with E-state index in [-0.39, 0.29) is 52.3 Å². The monoisotopic (exact) mass is 789 g/mol. The van der Waals surface area contributed by atoms with Gasteiger partial charge in [0.05, 0.1) is 25.0 Å². The van der Waals surface area contributed by atoms with Crippen LogP contribution in [-0.2, 0) is 53.6 Å². The summed E-state index contributed by atoms with van der Waals surface area (Å²) >= 11 is 0. The van der Waals surface area contributed by atoms with E-state index in [9.17, 15) is 24.9 Å². The lowest BCUT2D eigenvalue weighted by Gasteiger charge is -2.30. The van der Waals surface area contributed by atoms with Gasteiger partial charge in [-0.1, -0.05) is 125 Å². The van der Waals surface area contributed by atoms with E-state index in [2.05, 4.69) is 81.4 Å². The van der Waals surface area contributed by atoms with Gasteiger partial charge in [0.15, 0.2) is 0 Å². The van der Waals surface area contributed by atoms with Gasteiger partial charge in [-0.2, -0.15) is 0 Å². The Morgan fingerprint density at radius 2 is 0.912 bits per heavy atom. The molecule has 0 radical (unpaired) electrons. The van der Waals surface area contributed by atoms with Crippen LogP contribution in [0.3, 0.4) is 0 Å². The number of carboxylic acid groups (broad SMARTS) is 1. The average Bonchev–Trinajstić information content (AvgIpc) is 3.06. The number of esters is 1. The number of ether oxygens (including phenoxy) is 3. The quantitative estimate of drug-likeness (QED) is 0.0745. The molecule has 8 nitrogen and oxygen atoms in total. The number of phenols is 2. The molecule has 0 amide bonds. The SMILES string of the molecule is Cc1cc(C(C)(C)C)c(OC(=O)C(CCOCCOCCC(Cc2cc(C)c(O)c(C(C)(C)C)c2)C(=O)O)Cc2cc(C)c(O)c(C(C)(C)C)c2)c(C(C)(C)C)c1. The Morgan fingerprint density at radius 1 is 0.544 bits per heavy atom. The van der Waals surface area contributed by atoms with Gasteiger partial charge in [-0.3, -0.25) is 9.59 Å². The Morgan fingerprint density at radius 3 is 1.28 bits per heavy atom. The van der Waals surface area contributed by atoms with Crippen molar-refractivity contribution in [3.05, 3.63) is 86.5 Å². The van der Waals surface area contributed by atoms with Crippen LogP contribution in [0.15, 0.2) is 36.4 Å². The van der Waals surface area contributed by atoms with Crippen LogP contribution < -0.4 is 4.74 Å². The summed E-state index contributed by atoms with van der Waals surface area (Å²) in [4.78, 5) is 26.5. The highest BCUT2D eigenvalue weighted by molar-refractivity contribution is 5.77. The molecule has 0 aliphatic heterocycles. The number of benzene rings is 3. The third-order valence-electron chi connectivity index (χ3n) is 10.6. The third-order valence-corrected chi connectivity index (χ3v) is 10.6. The number of rotatable bonds is 16. The molecule has 0 bridgehead atoms. The maximum atomic E-state index is 14.3. The molecule has 57 heavy (non-hydrogen) atoms. The molecule has 0 aliphatic carbocycles. The van der Waals surface area contributed by atoms with Crippen molar-refractivity contribution in [1.82, 2.24) is 0 Å². The molecule has 3 aromatic rings. The van der Waals surface area contributed by atoms with Crippen molar-refractivity contribution >= 4 is 11.9 Å². The Balaban J connectivity index is 1.73. The Bertz CT molecular complexity index is 1830. The van der Waals surface area contributed by atoms with E-state index in [1.54, 1.807) is 0 Å². The zero-order valence-corrected chi connectivity index (χ0v) is 37.7. The first-order chi connectivity index (χ1) is 26.1. The number of carbonyl (C=O) groups is 2. The van der Waals surface area contributed by atoms with E-state index in [1.807, 2.05) is 58.9 Å². The van der Waals surface area contributed by atoms with Gasteiger partial charge in [0.1, 0.15) is 17.2 Å². The summed E-state index contributed by atoms with van der Waals surface area (Å²) in [6.45, 7) is 32.0. The molecule has 0 saturated carbocycles. The fraction of sp³-hybridized carbons (Fsp3) is 0.592. The van der Waals surface area contributed by atoms with E-state index in [0.717, 1.165) is 50.1 Å². The number of aliphatic carboxylic acids is 1.